The normalized spacial score (nSPS) is 14.1. The first-order valence-corrected chi connectivity index (χ1v) is 6.29. The van der Waals surface area contributed by atoms with Crippen LogP contribution in [-0.4, -0.2) is 11.9 Å². The van der Waals surface area contributed by atoms with Gasteiger partial charge in [0.05, 0.1) is 12.1 Å². The smallest absolute Gasteiger partial charge is 0.237 e. The lowest BCUT2D eigenvalue weighted by Crippen LogP contribution is -2.42. The molecular weight excluding hydrogens is 212 g/mol. The van der Waals surface area contributed by atoms with Crippen LogP contribution in [0, 0.1) is 0 Å². The maximum atomic E-state index is 11.8. The van der Waals surface area contributed by atoms with Crippen molar-refractivity contribution in [1.29, 1.82) is 0 Å². The van der Waals surface area contributed by atoms with E-state index in [0.29, 0.717) is 0 Å². The molecule has 1 aromatic rings. The topological polar surface area (TPSA) is 55.1 Å². The zero-order valence-electron chi connectivity index (χ0n) is 10.6. The summed E-state index contributed by atoms with van der Waals surface area (Å²) < 4.78 is 0. The van der Waals surface area contributed by atoms with Gasteiger partial charge in [-0.15, -0.1) is 0 Å². The van der Waals surface area contributed by atoms with Crippen LogP contribution in [0.25, 0.3) is 0 Å². The van der Waals surface area contributed by atoms with Crippen molar-refractivity contribution in [2.75, 3.05) is 0 Å². The molecule has 0 aliphatic carbocycles. The second-order valence-corrected chi connectivity index (χ2v) is 4.28. The molecule has 1 amide bonds. The molecule has 1 aromatic carbocycles. The second kappa shape index (κ2) is 7.07. The minimum atomic E-state index is -0.391. The van der Waals surface area contributed by atoms with Crippen LogP contribution in [0.3, 0.4) is 0 Å². The van der Waals surface area contributed by atoms with Crippen LogP contribution in [0.5, 0.6) is 0 Å². The lowest BCUT2D eigenvalue weighted by Gasteiger charge is -2.20. The molecule has 0 radical (unpaired) electrons. The standard InChI is InChI=1S/C14H22N2O/c1-3-8-12(15)14(17)16-13(4-2)11-9-6-5-7-10-11/h5-7,9-10,12-13H,3-4,8,15H2,1-2H3,(H,16,17)/t12-,13?/m1/s1. The minimum absolute atomic E-state index is 0.0532. The molecule has 0 aromatic heterocycles. The molecule has 1 rings (SSSR count). The summed E-state index contributed by atoms with van der Waals surface area (Å²) in [6.07, 6.45) is 2.53. The number of carbonyl (C=O) groups excluding carboxylic acids is 1. The highest BCUT2D eigenvalue weighted by Gasteiger charge is 2.17. The van der Waals surface area contributed by atoms with Gasteiger partial charge in [0.15, 0.2) is 0 Å². The molecule has 1 unspecified atom stereocenters. The van der Waals surface area contributed by atoms with Gasteiger partial charge in [-0.25, -0.2) is 0 Å². The zero-order chi connectivity index (χ0) is 12.7. The molecule has 3 N–H and O–H groups in total. The molecule has 2 atom stereocenters. The van der Waals surface area contributed by atoms with E-state index in [-0.39, 0.29) is 11.9 Å². The summed E-state index contributed by atoms with van der Waals surface area (Å²) in [4.78, 5) is 11.8. The molecule has 0 aliphatic rings. The predicted molar refractivity (Wildman–Crippen MR) is 70.5 cm³/mol. The molecule has 0 saturated heterocycles. The number of nitrogens with one attached hydrogen (secondary N) is 1. The first kappa shape index (κ1) is 13.7. The average molecular weight is 234 g/mol. The summed E-state index contributed by atoms with van der Waals surface area (Å²) in [7, 11) is 0. The number of hydrogen-bond donors (Lipinski definition) is 2. The highest BCUT2D eigenvalue weighted by Crippen LogP contribution is 2.16. The average Bonchev–Trinajstić information content (AvgIpc) is 2.37. The third kappa shape index (κ3) is 4.19. The van der Waals surface area contributed by atoms with Gasteiger partial charge in [0.1, 0.15) is 0 Å². The van der Waals surface area contributed by atoms with Crippen LogP contribution < -0.4 is 11.1 Å². The van der Waals surface area contributed by atoms with Crippen LogP contribution in [0.2, 0.25) is 0 Å². The molecular formula is C14H22N2O. The van der Waals surface area contributed by atoms with E-state index < -0.39 is 6.04 Å². The van der Waals surface area contributed by atoms with Gasteiger partial charge in [-0.1, -0.05) is 50.6 Å². The van der Waals surface area contributed by atoms with Crippen molar-refractivity contribution in [2.24, 2.45) is 5.73 Å². The Morgan fingerprint density at radius 1 is 1.29 bits per heavy atom. The highest BCUT2D eigenvalue weighted by atomic mass is 16.2. The van der Waals surface area contributed by atoms with Crippen LogP contribution in [0.4, 0.5) is 0 Å². The van der Waals surface area contributed by atoms with E-state index in [0.717, 1.165) is 24.8 Å². The largest absolute Gasteiger partial charge is 0.348 e. The van der Waals surface area contributed by atoms with Crippen LogP contribution in [-0.2, 0) is 4.79 Å². The van der Waals surface area contributed by atoms with Crippen molar-refractivity contribution in [3.63, 3.8) is 0 Å². The fourth-order valence-corrected chi connectivity index (χ4v) is 1.83. The Bertz CT molecular complexity index is 337. The molecule has 3 heteroatoms. The Balaban J connectivity index is 2.62. The van der Waals surface area contributed by atoms with E-state index in [1.807, 2.05) is 37.3 Å². The van der Waals surface area contributed by atoms with Gasteiger partial charge in [-0.2, -0.15) is 0 Å². The molecule has 0 aliphatic heterocycles. The number of hydrogen-bond acceptors (Lipinski definition) is 2. The third-order valence-corrected chi connectivity index (χ3v) is 2.86. The Morgan fingerprint density at radius 3 is 2.47 bits per heavy atom. The van der Waals surface area contributed by atoms with Gasteiger partial charge in [-0.3, -0.25) is 4.79 Å². The van der Waals surface area contributed by atoms with Crippen LogP contribution in [0.15, 0.2) is 30.3 Å². The number of amides is 1. The summed E-state index contributed by atoms with van der Waals surface area (Å²) in [5, 5.41) is 3.00. The molecule has 3 nitrogen and oxygen atoms in total. The number of carbonyl (C=O) groups is 1. The molecule has 0 heterocycles. The minimum Gasteiger partial charge on any atom is -0.348 e. The van der Waals surface area contributed by atoms with E-state index in [9.17, 15) is 4.79 Å². The molecule has 17 heavy (non-hydrogen) atoms. The lowest BCUT2D eigenvalue weighted by atomic mass is 10.0. The monoisotopic (exact) mass is 234 g/mol. The fourth-order valence-electron chi connectivity index (χ4n) is 1.83. The maximum Gasteiger partial charge on any atom is 0.237 e. The summed E-state index contributed by atoms with van der Waals surface area (Å²) in [5.74, 6) is -0.0532. The Morgan fingerprint density at radius 2 is 1.94 bits per heavy atom. The van der Waals surface area contributed by atoms with E-state index in [4.69, 9.17) is 5.73 Å². The Kier molecular flexibility index (Phi) is 5.70. The van der Waals surface area contributed by atoms with Gasteiger partial charge in [0.2, 0.25) is 5.91 Å². The van der Waals surface area contributed by atoms with E-state index in [1.165, 1.54) is 0 Å². The van der Waals surface area contributed by atoms with Crippen molar-refractivity contribution in [3.05, 3.63) is 35.9 Å². The van der Waals surface area contributed by atoms with Gasteiger partial charge >= 0.3 is 0 Å². The maximum absolute atomic E-state index is 11.8. The van der Waals surface area contributed by atoms with Crippen molar-refractivity contribution in [3.8, 4) is 0 Å². The van der Waals surface area contributed by atoms with Crippen molar-refractivity contribution in [1.82, 2.24) is 5.32 Å². The predicted octanol–water partition coefficient (Wildman–Crippen LogP) is 2.38. The van der Waals surface area contributed by atoms with Gasteiger partial charge in [0.25, 0.3) is 0 Å². The lowest BCUT2D eigenvalue weighted by molar-refractivity contribution is -0.123. The second-order valence-electron chi connectivity index (χ2n) is 4.28. The zero-order valence-corrected chi connectivity index (χ0v) is 10.6. The van der Waals surface area contributed by atoms with Crippen molar-refractivity contribution in [2.45, 2.75) is 45.2 Å². The van der Waals surface area contributed by atoms with E-state index in [2.05, 4.69) is 12.2 Å². The summed E-state index contributed by atoms with van der Waals surface area (Å²) in [5.41, 5.74) is 6.93. The summed E-state index contributed by atoms with van der Waals surface area (Å²) >= 11 is 0. The van der Waals surface area contributed by atoms with Crippen molar-refractivity contribution >= 4 is 5.91 Å². The molecule has 0 bridgehead atoms. The SMILES string of the molecule is CCC[C@@H](N)C(=O)NC(CC)c1ccccc1. The fraction of sp³-hybridized carbons (Fsp3) is 0.500. The van der Waals surface area contributed by atoms with E-state index >= 15 is 0 Å². The van der Waals surface area contributed by atoms with Gasteiger partial charge in [0, 0.05) is 0 Å². The number of benzene rings is 1. The molecule has 94 valence electrons. The quantitative estimate of drug-likeness (QED) is 0.794. The van der Waals surface area contributed by atoms with Gasteiger partial charge < -0.3 is 11.1 Å². The van der Waals surface area contributed by atoms with E-state index in [1.54, 1.807) is 0 Å². The first-order chi connectivity index (χ1) is 8.19. The molecule has 0 fully saturated rings. The van der Waals surface area contributed by atoms with Crippen molar-refractivity contribution < 1.29 is 4.79 Å². The summed E-state index contributed by atoms with van der Waals surface area (Å²) in [6, 6.07) is 9.66. The third-order valence-electron chi connectivity index (χ3n) is 2.86. The van der Waals surface area contributed by atoms with Crippen LogP contribution >= 0.6 is 0 Å². The number of nitrogens with two attached hydrogens (primary N) is 1. The molecule has 0 saturated carbocycles. The summed E-state index contributed by atoms with van der Waals surface area (Å²) in [6.45, 7) is 4.09. The highest BCUT2D eigenvalue weighted by molar-refractivity contribution is 5.81. The number of rotatable bonds is 6. The Hall–Kier alpha value is -1.35. The first-order valence-electron chi connectivity index (χ1n) is 6.29. The Labute approximate surface area is 103 Å². The van der Waals surface area contributed by atoms with Gasteiger partial charge in [-0.05, 0) is 18.4 Å². The van der Waals surface area contributed by atoms with Crippen LogP contribution in [0.1, 0.15) is 44.7 Å². The molecule has 0 spiro atoms.